The summed E-state index contributed by atoms with van der Waals surface area (Å²) in [6.45, 7) is 0.0978. The number of sulfonamides is 1. The molecule has 0 spiro atoms. The molecule has 0 aromatic heterocycles. The van der Waals surface area contributed by atoms with E-state index in [0.29, 0.717) is 24.4 Å². The van der Waals surface area contributed by atoms with Gasteiger partial charge in [-0.05, 0) is 60.5 Å². The summed E-state index contributed by atoms with van der Waals surface area (Å²) < 4.78 is 33.3. The summed E-state index contributed by atoms with van der Waals surface area (Å²) in [6.07, 6.45) is 0.601. The fraction of sp³-hybridized carbons (Fsp3) is 0.107. The first-order valence-electron chi connectivity index (χ1n) is 11.4. The van der Waals surface area contributed by atoms with E-state index in [0.717, 1.165) is 15.4 Å². The summed E-state index contributed by atoms with van der Waals surface area (Å²) in [5.41, 5.74) is 1.76. The number of carbonyl (C=O) groups excluding carboxylic acids is 1. The van der Waals surface area contributed by atoms with E-state index in [9.17, 15) is 13.2 Å². The van der Waals surface area contributed by atoms with Gasteiger partial charge in [0, 0.05) is 16.3 Å². The van der Waals surface area contributed by atoms with Crippen molar-refractivity contribution < 1.29 is 17.9 Å². The predicted molar refractivity (Wildman–Crippen MR) is 143 cm³/mol. The minimum atomic E-state index is -3.64. The molecule has 0 aliphatic rings. The number of anilines is 1. The Hall–Kier alpha value is -3.59. The average Bonchev–Trinajstić information content (AvgIpc) is 2.90. The highest BCUT2D eigenvalue weighted by Crippen LogP contribution is 2.33. The summed E-state index contributed by atoms with van der Waals surface area (Å²) in [5, 5.41) is 2.88. The quantitative estimate of drug-likeness (QED) is 0.279. The molecule has 0 aliphatic heterocycles. The number of rotatable bonds is 11. The lowest BCUT2D eigenvalue weighted by molar-refractivity contribution is -0.118. The third-order valence-corrected chi connectivity index (χ3v) is 7.75. The lowest BCUT2D eigenvalue weighted by atomic mass is 10.2. The van der Waals surface area contributed by atoms with E-state index in [2.05, 4.69) is 10.0 Å². The van der Waals surface area contributed by atoms with E-state index in [-0.39, 0.29) is 17.4 Å². The minimum Gasteiger partial charge on any atom is -0.484 e. The highest BCUT2D eigenvalue weighted by Gasteiger charge is 2.14. The van der Waals surface area contributed by atoms with Crippen LogP contribution in [0.5, 0.6) is 5.75 Å². The van der Waals surface area contributed by atoms with E-state index in [4.69, 9.17) is 4.74 Å². The van der Waals surface area contributed by atoms with Gasteiger partial charge in [-0.2, -0.15) is 0 Å². The second-order valence-electron chi connectivity index (χ2n) is 7.85. The van der Waals surface area contributed by atoms with Gasteiger partial charge in [0.25, 0.3) is 5.91 Å². The highest BCUT2D eigenvalue weighted by molar-refractivity contribution is 7.99. The molecule has 0 heterocycles. The highest BCUT2D eigenvalue weighted by atomic mass is 32.2. The molecule has 0 radical (unpaired) electrons. The van der Waals surface area contributed by atoms with Gasteiger partial charge in [0.2, 0.25) is 10.0 Å². The van der Waals surface area contributed by atoms with Crippen molar-refractivity contribution >= 4 is 33.4 Å². The maximum absolute atomic E-state index is 12.5. The van der Waals surface area contributed by atoms with Crippen LogP contribution in [0.15, 0.2) is 124 Å². The van der Waals surface area contributed by atoms with Gasteiger partial charge in [0.05, 0.1) is 10.6 Å². The third-order valence-electron chi connectivity index (χ3n) is 5.18. The SMILES string of the molecule is O=C(COc1ccc(S(=O)(=O)NCCc2ccccc2)cc1)Nc1ccccc1Sc1ccccc1. The van der Waals surface area contributed by atoms with Crippen LogP contribution in [0.3, 0.4) is 0 Å². The molecule has 4 aromatic carbocycles. The van der Waals surface area contributed by atoms with Crippen molar-refractivity contribution in [2.75, 3.05) is 18.5 Å². The summed E-state index contributed by atoms with van der Waals surface area (Å²) in [7, 11) is -3.64. The summed E-state index contributed by atoms with van der Waals surface area (Å²) in [4.78, 5) is 14.6. The Labute approximate surface area is 215 Å². The number of ether oxygens (including phenoxy) is 1. The third kappa shape index (κ3) is 7.45. The van der Waals surface area contributed by atoms with Gasteiger partial charge in [0.1, 0.15) is 5.75 Å². The fourth-order valence-electron chi connectivity index (χ4n) is 3.38. The lowest BCUT2D eigenvalue weighted by Gasteiger charge is -2.12. The molecule has 8 heteroatoms. The molecule has 0 atom stereocenters. The van der Waals surface area contributed by atoms with E-state index < -0.39 is 10.0 Å². The van der Waals surface area contributed by atoms with Crippen LogP contribution in [0.2, 0.25) is 0 Å². The van der Waals surface area contributed by atoms with Crippen LogP contribution in [-0.4, -0.2) is 27.5 Å². The molecule has 6 nitrogen and oxygen atoms in total. The van der Waals surface area contributed by atoms with Crippen LogP contribution in [-0.2, 0) is 21.2 Å². The molecule has 4 aromatic rings. The van der Waals surface area contributed by atoms with E-state index in [1.54, 1.807) is 11.8 Å². The fourth-order valence-corrected chi connectivity index (χ4v) is 5.34. The average molecular weight is 519 g/mol. The largest absolute Gasteiger partial charge is 0.484 e. The second-order valence-corrected chi connectivity index (χ2v) is 10.7. The Morgan fingerprint density at radius 3 is 2.14 bits per heavy atom. The van der Waals surface area contributed by atoms with Crippen LogP contribution in [0, 0.1) is 0 Å². The van der Waals surface area contributed by atoms with Gasteiger partial charge in [0.15, 0.2) is 6.61 Å². The van der Waals surface area contributed by atoms with Crippen molar-refractivity contribution in [3.63, 3.8) is 0 Å². The normalized spacial score (nSPS) is 11.1. The number of hydrogen-bond acceptors (Lipinski definition) is 5. The smallest absolute Gasteiger partial charge is 0.262 e. The standard InChI is InChI=1S/C28H26N2O4S2/c31-28(30-26-13-7-8-14-27(26)35-24-11-5-2-6-12-24)21-34-23-15-17-25(18-16-23)36(32,33)29-20-19-22-9-3-1-4-10-22/h1-18,29H,19-21H2,(H,30,31). The number of nitrogens with one attached hydrogen (secondary N) is 2. The Morgan fingerprint density at radius 2 is 1.42 bits per heavy atom. The number of hydrogen-bond donors (Lipinski definition) is 2. The molecule has 2 N–H and O–H groups in total. The van der Waals surface area contributed by atoms with Gasteiger partial charge < -0.3 is 10.1 Å². The zero-order chi connectivity index (χ0) is 25.2. The number of benzene rings is 4. The lowest BCUT2D eigenvalue weighted by Crippen LogP contribution is -2.26. The van der Waals surface area contributed by atoms with E-state index in [1.165, 1.54) is 24.3 Å². The van der Waals surface area contributed by atoms with E-state index in [1.807, 2.05) is 84.9 Å². The van der Waals surface area contributed by atoms with Crippen molar-refractivity contribution in [2.45, 2.75) is 21.1 Å². The molecule has 0 aliphatic carbocycles. The zero-order valence-electron chi connectivity index (χ0n) is 19.5. The van der Waals surface area contributed by atoms with E-state index >= 15 is 0 Å². The monoisotopic (exact) mass is 518 g/mol. The molecule has 184 valence electrons. The van der Waals surface area contributed by atoms with Crippen molar-refractivity contribution in [1.82, 2.24) is 4.72 Å². The first kappa shape index (κ1) is 25.5. The van der Waals surface area contributed by atoms with Crippen molar-refractivity contribution in [3.05, 3.63) is 115 Å². The van der Waals surface area contributed by atoms with Gasteiger partial charge in [-0.3, -0.25) is 4.79 Å². The first-order chi connectivity index (χ1) is 17.5. The summed E-state index contributed by atoms with van der Waals surface area (Å²) in [5.74, 6) is 0.0933. The molecule has 0 bridgehead atoms. The van der Waals surface area contributed by atoms with Crippen LogP contribution in [0.25, 0.3) is 0 Å². The molecule has 4 rings (SSSR count). The van der Waals surface area contributed by atoms with Crippen LogP contribution in [0.4, 0.5) is 5.69 Å². The number of carbonyl (C=O) groups is 1. The van der Waals surface area contributed by atoms with Gasteiger partial charge in [-0.1, -0.05) is 72.4 Å². The van der Waals surface area contributed by atoms with Gasteiger partial charge in [-0.25, -0.2) is 13.1 Å². The minimum absolute atomic E-state index is 0.138. The zero-order valence-corrected chi connectivity index (χ0v) is 21.1. The Bertz CT molecular complexity index is 1380. The Morgan fingerprint density at radius 1 is 0.778 bits per heavy atom. The number of amides is 1. The van der Waals surface area contributed by atoms with Gasteiger partial charge >= 0.3 is 0 Å². The summed E-state index contributed by atoms with van der Waals surface area (Å²) >= 11 is 1.56. The molecule has 1 amide bonds. The molecule has 36 heavy (non-hydrogen) atoms. The van der Waals surface area contributed by atoms with Crippen molar-refractivity contribution in [2.24, 2.45) is 0 Å². The maximum Gasteiger partial charge on any atom is 0.262 e. The molecule has 0 unspecified atom stereocenters. The van der Waals surface area contributed by atoms with Crippen molar-refractivity contribution in [1.29, 1.82) is 0 Å². The predicted octanol–water partition coefficient (Wildman–Crippen LogP) is 5.38. The first-order valence-corrected chi connectivity index (χ1v) is 13.7. The Kier molecular flexibility index (Phi) is 8.78. The Balaban J connectivity index is 1.28. The molecular weight excluding hydrogens is 492 g/mol. The molecule has 0 fully saturated rings. The van der Waals surface area contributed by atoms with Gasteiger partial charge in [-0.15, -0.1) is 0 Å². The molecule has 0 saturated carbocycles. The maximum atomic E-state index is 12.5. The van der Waals surface area contributed by atoms with Crippen LogP contribution in [0.1, 0.15) is 5.56 Å². The molecule has 0 saturated heterocycles. The van der Waals surface area contributed by atoms with Crippen molar-refractivity contribution in [3.8, 4) is 5.75 Å². The number of para-hydroxylation sites is 1. The van der Waals surface area contributed by atoms with Crippen LogP contribution >= 0.6 is 11.8 Å². The van der Waals surface area contributed by atoms with Crippen LogP contribution < -0.4 is 14.8 Å². The molecular formula is C28H26N2O4S2. The topological polar surface area (TPSA) is 84.5 Å². The second kappa shape index (κ2) is 12.4. The summed E-state index contributed by atoms with van der Waals surface area (Å²) in [6, 6.07) is 33.2.